The third kappa shape index (κ3) is 3.70. The van der Waals surface area contributed by atoms with Crippen LogP contribution in [0.3, 0.4) is 0 Å². The molecular weight excluding hydrogens is 320 g/mol. The van der Waals surface area contributed by atoms with E-state index < -0.39 is 0 Å². The average molecular weight is 344 g/mol. The molecule has 7 heteroatoms. The molecule has 0 spiro atoms. The first kappa shape index (κ1) is 17.1. The number of nitrogens with zero attached hydrogens (tertiary/aromatic N) is 3. The van der Waals surface area contributed by atoms with Gasteiger partial charge in [-0.1, -0.05) is 0 Å². The van der Waals surface area contributed by atoms with Crippen LogP contribution in [0.1, 0.15) is 18.5 Å². The summed E-state index contributed by atoms with van der Waals surface area (Å²) >= 11 is 0. The van der Waals surface area contributed by atoms with Gasteiger partial charge in [-0.05, 0) is 19.8 Å². The van der Waals surface area contributed by atoms with Crippen LogP contribution >= 0.6 is 0 Å². The van der Waals surface area contributed by atoms with E-state index in [1.54, 1.807) is 21.3 Å². The van der Waals surface area contributed by atoms with Crippen molar-refractivity contribution in [2.45, 2.75) is 19.8 Å². The van der Waals surface area contributed by atoms with Crippen molar-refractivity contribution >= 4 is 17.5 Å². The molecule has 2 aromatic rings. The van der Waals surface area contributed by atoms with Gasteiger partial charge in [0, 0.05) is 42.7 Å². The maximum absolute atomic E-state index is 5.39. The van der Waals surface area contributed by atoms with Crippen molar-refractivity contribution in [2.75, 3.05) is 44.6 Å². The molecule has 0 unspecified atom stereocenters. The Bertz CT molecular complexity index is 720. The lowest BCUT2D eigenvalue weighted by molar-refractivity contribution is 0.324. The number of methoxy groups -OCH3 is 3. The Labute approximate surface area is 147 Å². The highest BCUT2D eigenvalue weighted by atomic mass is 16.5. The average Bonchev–Trinajstić information content (AvgIpc) is 3.15. The second kappa shape index (κ2) is 7.46. The van der Waals surface area contributed by atoms with Crippen molar-refractivity contribution in [3.8, 4) is 17.2 Å². The summed E-state index contributed by atoms with van der Waals surface area (Å²) in [5.74, 6) is 3.23. The highest BCUT2D eigenvalue weighted by Crippen LogP contribution is 2.40. The highest BCUT2D eigenvalue weighted by Gasteiger charge is 2.17. The summed E-state index contributed by atoms with van der Waals surface area (Å²) in [7, 11) is 4.77. The van der Waals surface area contributed by atoms with E-state index in [1.807, 2.05) is 25.1 Å². The molecule has 1 aromatic carbocycles. The van der Waals surface area contributed by atoms with Gasteiger partial charge < -0.3 is 24.4 Å². The summed E-state index contributed by atoms with van der Waals surface area (Å²) in [6.45, 7) is 4.06. The summed E-state index contributed by atoms with van der Waals surface area (Å²) < 4.78 is 16.1. The molecule has 0 amide bonds. The van der Waals surface area contributed by atoms with Crippen molar-refractivity contribution < 1.29 is 14.2 Å². The Balaban J connectivity index is 1.91. The molecule has 1 aliphatic heterocycles. The minimum Gasteiger partial charge on any atom is -0.493 e. The number of ether oxygens (including phenoxy) is 3. The number of nitrogens with one attached hydrogen (secondary N) is 1. The SMILES string of the molecule is COc1cc(Nc2nc(C)cc(N3CCCC3)n2)cc(OC)c1OC. The molecule has 7 nitrogen and oxygen atoms in total. The molecule has 3 rings (SSSR count). The zero-order valence-electron chi connectivity index (χ0n) is 15.1. The molecule has 25 heavy (non-hydrogen) atoms. The summed E-state index contributed by atoms with van der Waals surface area (Å²) in [4.78, 5) is 11.4. The summed E-state index contributed by atoms with van der Waals surface area (Å²) in [5.41, 5.74) is 1.69. The van der Waals surface area contributed by atoms with E-state index in [1.165, 1.54) is 12.8 Å². The topological polar surface area (TPSA) is 68.7 Å². The Morgan fingerprint density at radius 1 is 0.920 bits per heavy atom. The molecule has 0 bridgehead atoms. The van der Waals surface area contributed by atoms with Gasteiger partial charge in [-0.3, -0.25) is 0 Å². The second-order valence-electron chi connectivity index (χ2n) is 5.92. The van der Waals surface area contributed by atoms with Crippen LogP contribution in [0.4, 0.5) is 17.5 Å². The molecule has 0 radical (unpaired) electrons. The largest absolute Gasteiger partial charge is 0.493 e. The lowest BCUT2D eigenvalue weighted by Crippen LogP contribution is -2.19. The summed E-state index contributed by atoms with van der Waals surface area (Å²) in [5, 5.41) is 3.24. The van der Waals surface area contributed by atoms with Gasteiger partial charge in [0.1, 0.15) is 5.82 Å². The van der Waals surface area contributed by atoms with Crippen LogP contribution in [-0.4, -0.2) is 44.4 Å². The van der Waals surface area contributed by atoms with Gasteiger partial charge in [0.25, 0.3) is 0 Å². The Hall–Kier alpha value is -2.70. The highest BCUT2D eigenvalue weighted by molar-refractivity contribution is 5.66. The van der Waals surface area contributed by atoms with Gasteiger partial charge in [-0.2, -0.15) is 4.98 Å². The first-order chi connectivity index (χ1) is 12.1. The van der Waals surface area contributed by atoms with Crippen LogP contribution in [0.25, 0.3) is 0 Å². The van der Waals surface area contributed by atoms with E-state index in [-0.39, 0.29) is 0 Å². The Morgan fingerprint density at radius 3 is 2.12 bits per heavy atom. The van der Waals surface area contributed by atoms with Crippen molar-refractivity contribution in [2.24, 2.45) is 0 Å². The molecule has 0 saturated carbocycles. The van der Waals surface area contributed by atoms with Gasteiger partial charge in [0.05, 0.1) is 21.3 Å². The molecule has 1 aromatic heterocycles. The van der Waals surface area contributed by atoms with Crippen molar-refractivity contribution in [1.29, 1.82) is 0 Å². The number of anilines is 3. The van der Waals surface area contributed by atoms with Gasteiger partial charge in [0.2, 0.25) is 11.7 Å². The zero-order valence-corrected chi connectivity index (χ0v) is 15.1. The van der Waals surface area contributed by atoms with Gasteiger partial charge in [-0.25, -0.2) is 4.98 Å². The fourth-order valence-corrected chi connectivity index (χ4v) is 3.00. The minimum atomic E-state index is 0.552. The van der Waals surface area contributed by atoms with E-state index in [2.05, 4.69) is 20.2 Å². The van der Waals surface area contributed by atoms with Gasteiger partial charge >= 0.3 is 0 Å². The van der Waals surface area contributed by atoms with Crippen molar-refractivity contribution in [3.63, 3.8) is 0 Å². The molecule has 1 fully saturated rings. The smallest absolute Gasteiger partial charge is 0.229 e. The number of benzene rings is 1. The normalized spacial score (nSPS) is 13.7. The van der Waals surface area contributed by atoms with E-state index in [0.717, 1.165) is 30.3 Å². The minimum absolute atomic E-state index is 0.552. The Kier molecular flexibility index (Phi) is 5.11. The van der Waals surface area contributed by atoms with Crippen molar-refractivity contribution in [1.82, 2.24) is 9.97 Å². The van der Waals surface area contributed by atoms with Crippen LogP contribution in [0.15, 0.2) is 18.2 Å². The molecule has 134 valence electrons. The van der Waals surface area contributed by atoms with Crippen LogP contribution < -0.4 is 24.4 Å². The fourth-order valence-electron chi connectivity index (χ4n) is 3.00. The molecular formula is C18H24N4O3. The molecule has 0 aliphatic carbocycles. The zero-order chi connectivity index (χ0) is 17.8. The molecule has 2 heterocycles. The molecule has 1 saturated heterocycles. The third-order valence-corrected chi connectivity index (χ3v) is 4.19. The summed E-state index contributed by atoms with van der Waals surface area (Å²) in [6.07, 6.45) is 2.41. The van der Waals surface area contributed by atoms with Crippen LogP contribution in [0, 0.1) is 6.92 Å². The summed E-state index contributed by atoms with van der Waals surface area (Å²) in [6, 6.07) is 5.69. The fraction of sp³-hybridized carbons (Fsp3) is 0.444. The van der Waals surface area contributed by atoms with E-state index in [4.69, 9.17) is 14.2 Å². The Morgan fingerprint density at radius 2 is 1.56 bits per heavy atom. The maximum Gasteiger partial charge on any atom is 0.229 e. The lowest BCUT2D eigenvalue weighted by Gasteiger charge is -2.18. The van der Waals surface area contributed by atoms with E-state index in [9.17, 15) is 0 Å². The lowest BCUT2D eigenvalue weighted by atomic mass is 10.2. The second-order valence-corrected chi connectivity index (χ2v) is 5.92. The first-order valence-electron chi connectivity index (χ1n) is 8.32. The number of hydrogen-bond donors (Lipinski definition) is 1. The monoisotopic (exact) mass is 344 g/mol. The van der Waals surface area contributed by atoms with Gasteiger partial charge in [0.15, 0.2) is 11.5 Å². The third-order valence-electron chi connectivity index (χ3n) is 4.19. The van der Waals surface area contributed by atoms with Gasteiger partial charge in [-0.15, -0.1) is 0 Å². The predicted molar refractivity (Wildman–Crippen MR) is 97.6 cm³/mol. The molecule has 1 aliphatic rings. The van der Waals surface area contributed by atoms with Crippen molar-refractivity contribution in [3.05, 3.63) is 23.9 Å². The number of aromatic nitrogens is 2. The maximum atomic E-state index is 5.39. The van der Waals surface area contributed by atoms with Crippen LogP contribution in [-0.2, 0) is 0 Å². The molecule has 0 atom stereocenters. The standard InChI is InChI=1S/C18H24N4O3/c1-12-9-16(22-7-5-6-8-22)21-18(19-12)20-13-10-14(23-2)17(25-4)15(11-13)24-3/h9-11H,5-8H2,1-4H3,(H,19,20,21). The quantitative estimate of drug-likeness (QED) is 0.863. The van der Waals surface area contributed by atoms with E-state index >= 15 is 0 Å². The number of hydrogen-bond acceptors (Lipinski definition) is 7. The number of aryl methyl sites for hydroxylation is 1. The predicted octanol–water partition coefficient (Wildman–Crippen LogP) is 3.15. The van der Waals surface area contributed by atoms with Crippen LogP contribution in [0.2, 0.25) is 0 Å². The van der Waals surface area contributed by atoms with E-state index in [0.29, 0.717) is 23.2 Å². The number of rotatable bonds is 6. The molecule has 1 N–H and O–H groups in total. The first-order valence-corrected chi connectivity index (χ1v) is 8.32. The van der Waals surface area contributed by atoms with Crippen LogP contribution in [0.5, 0.6) is 17.2 Å².